The number of methoxy groups -OCH3 is 1. The number of ether oxygens (including phenoxy) is 1. The minimum atomic E-state index is -4.16. The van der Waals surface area contributed by atoms with E-state index in [1.54, 1.807) is 69.5 Å². The van der Waals surface area contributed by atoms with Crippen LogP contribution in [0.15, 0.2) is 77.7 Å². The Kier molecular flexibility index (Phi) is 9.99. The van der Waals surface area contributed by atoms with E-state index in [9.17, 15) is 18.0 Å². The number of sulfonamides is 1. The third kappa shape index (κ3) is 7.52. The van der Waals surface area contributed by atoms with Gasteiger partial charge in [0, 0.05) is 17.6 Å². The number of benzene rings is 3. The molecule has 10 heteroatoms. The van der Waals surface area contributed by atoms with Crippen molar-refractivity contribution in [1.29, 1.82) is 0 Å². The number of hydrogen-bond acceptors (Lipinski definition) is 5. The number of aryl methyl sites for hydroxylation is 1. The van der Waals surface area contributed by atoms with Gasteiger partial charge in [0.2, 0.25) is 11.8 Å². The highest BCUT2D eigenvalue weighted by Crippen LogP contribution is 2.28. The third-order valence-corrected chi connectivity index (χ3v) is 8.20. The highest BCUT2D eigenvalue weighted by Gasteiger charge is 2.33. The molecule has 208 valence electrons. The summed E-state index contributed by atoms with van der Waals surface area (Å²) in [6.45, 7) is 6.66. The number of carbonyl (C=O) groups is 2. The normalized spacial score (nSPS) is 12.1. The molecule has 0 radical (unpaired) electrons. The summed E-state index contributed by atoms with van der Waals surface area (Å²) in [6.07, 6.45) is 0. The smallest absolute Gasteiger partial charge is 0.264 e. The number of halogens is 1. The largest absolute Gasteiger partial charge is 0.497 e. The van der Waals surface area contributed by atoms with Crippen molar-refractivity contribution in [3.63, 3.8) is 0 Å². The van der Waals surface area contributed by atoms with E-state index >= 15 is 0 Å². The van der Waals surface area contributed by atoms with E-state index in [1.807, 2.05) is 13.8 Å². The van der Waals surface area contributed by atoms with E-state index < -0.39 is 28.5 Å². The van der Waals surface area contributed by atoms with Crippen LogP contribution < -0.4 is 14.4 Å². The monoisotopic (exact) mass is 571 g/mol. The van der Waals surface area contributed by atoms with Crippen molar-refractivity contribution in [2.45, 2.75) is 51.2 Å². The van der Waals surface area contributed by atoms with Crippen LogP contribution in [0.3, 0.4) is 0 Å². The van der Waals surface area contributed by atoms with E-state index in [0.717, 1.165) is 9.87 Å². The Morgan fingerprint density at radius 2 is 1.56 bits per heavy atom. The van der Waals surface area contributed by atoms with E-state index in [1.165, 1.54) is 29.2 Å². The Hall–Kier alpha value is -3.56. The molecule has 0 aromatic heterocycles. The van der Waals surface area contributed by atoms with Gasteiger partial charge in [0.25, 0.3) is 10.0 Å². The molecule has 0 aliphatic heterocycles. The number of para-hydroxylation sites is 1. The standard InChI is InChI=1S/C29H34ClN3O5S/c1-20(2)31-29(35)22(4)32(18-23-10-14-25(38-5)15-11-23)28(34)19-33(27-9-7-6-8-21(27)3)39(36,37)26-16-12-24(30)13-17-26/h6-17,20,22H,18-19H2,1-5H3,(H,31,35). The molecule has 3 aromatic rings. The molecule has 0 saturated carbocycles. The summed E-state index contributed by atoms with van der Waals surface area (Å²) in [5, 5.41) is 3.23. The lowest BCUT2D eigenvalue weighted by Gasteiger charge is -2.32. The molecule has 0 aliphatic rings. The molecule has 0 aliphatic carbocycles. The highest BCUT2D eigenvalue weighted by molar-refractivity contribution is 7.92. The number of nitrogens with one attached hydrogen (secondary N) is 1. The zero-order valence-electron chi connectivity index (χ0n) is 22.7. The van der Waals surface area contributed by atoms with Gasteiger partial charge in [0.05, 0.1) is 17.7 Å². The van der Waals surface area contributed by atoms with Crippen LogP contribution in [0.4, 0.5) is 5.69 Å². The molecule has 1 atom stereocenters. The summed E-state index contributed by atoms with van der Waals surface area (Å²) in [5.41, 5.74) is 1.80. The number of anilines is 1. The number of carbonyl (C=O) groups excluding carboxylic acids is 2. The van der Waals surface area contributed by atoms with Crippen LogP contribution in [-0.2, 0) is 26.2 Å². The van der Waals surface area contributed by atoms with Gasteiger partial charge in [-0.2, -0.15) is 0 Å². The number of amides is 2. The van der Waals surface area contributed by atoms with E-state index in [0.29, 0.717) is 22.0 Å². The zero-order chi connectivity index (χ0) is 28.7. The first-order chi connectivity index (χ1) is 18.4. The van der Waals surface area contributed by atoms with Gasteiger partial charge < -0.3 is 15.0 Å². The fourth-order valence-corrected chi connectivity index (χ4v) is 5.61. The van der Waals surface area contributed by atoms with Gasteiger partial charge in [-0.25, -0.2) is 8.42 Å². The topological polar surface area (TPSA) is 96.0 Å². The van der Waals surface area contributed by atoms with Crippen molar-refractivity contribution in [1.82, 2.24) is 10.2 Å². The predicted octanol–water partition coefficient (Wildman–Crippen LogP) is 4.79. The van der Waals surface area contributed by atoms with Gasteiger partial charge in [-0.05, 0) is 81.3 Å². The van der Waals surface area contributed by atoms with Gasteiger partial charge in [0.15, 0.2) is 0 Å². The maximum Gasteiger partial charge on any atom is 0.264 e. The molecule has 1 N–H and O–H groups in total. The van der Waals surface area contributed by atoms with Crippen molar-refractivity contribution in [2.75, 3.05) is 18.0 Å². The lowest BCUT2D eigenvalue weighted by molar-refractivity contribution is -0.139. The van der Waals surface area contributed by atoms with E-state index in [-0.39, 0.29) is 23.4 Å². The minimum absolute atomic E-state index is 0.00439. The van der Waals surface area contributed by atoms with Gasteiger partial charge in [-0.15, -0.1) is 0 Å². The van der Waals surface area contributed by atoms with Crippen molar-refractivity contribution >= 4 is 39.1 Å². The quantitative estimate of drug-likeness (QED) is 0.357. The average molecular weight is 572 g/mol. The van der Waals surface area contributed by atoms with Crippen LogP contribution in [0, 0.1) is 6.92 Å². The summed E-state index contributed by atoms with van der Waals surface area (Å²) < 4.78 is 34.0. The molecule has 0 fully saturated rings. The van der Waals surface area contributed by atoms with Crippen LogP contribution in [-0.4, -0.2) is 50.9 Å². The van der Waals surface area contributed by atoms with Gasteiger partial charge >= 0.3 is 0 Å². The van der Waals surface area contributed by atoms with Crippen LogP contribution in [0.1, 0.15) is 31.9 Å². The Morgan fingerprint density at radius 1 is 0.949 bits per heavy atom. The Labute approximate surface area is 235 Å². The van der Waals surface area contributed by atoms with Crippen LogP contribution >= 0.6 is 11.6 Å². The maximum atomic E-state index is 13.9. The second kappa shape index (κ2) is 13.0. The van der Waals surface area contributed by atoms with Gasteiger partial charge in [-0.3, -0.25) is 13.9 Å². The molecule has 0 spiro atoms. The van der Waals surface area contributed by atoms with Crippen LogP contribution in [0.25, 0.3) is 0 Å². The van der Waals surface area contributed by atoms with Crippen molar-refractivity contribution in [3.8, 4) is 5.75 Å². The minimum Gasteiger partial charge on any atom is -0.497 e. The zero-order valence-corrected chi connectivity index (χ0v) is 24.3. The van der Waals surface area contributed by atoms with Crippen molar-refractivity contribution in [3.05, 3.63) is 88.9 Å². The van der Waals surface area contributed by atoms with Crippen molar-refractivity contribution in [2.24, 2.45) is 0 Å². The fourth-order valence-electron chi connectivity index (χ4n) is 4.01. The average Bonchev–Trinajstić information content (AvgIpc) is 2.90. The second-order valence-corrected chi connectivity index (χ2v) is 11.8. The third-order valence-electron chi connectivity index (χ3n) is 6.17. The number of hydrogen-bond donors (Lipinski definition) is 1. The Morgan fingerprint density at radius 3 is 2.13 bits per heavy atom. The van der Waals surface area contributed by atoms with E-state index in [2.05, 4.69) is 5.32 Å². The molecule has 3 rings (SSSR count). The van der Waals surface area contributed by atoms with Crippen LogP contribution in [0.5, 0.6) is 5.75 Å². The number of nitrogens with zero attached hydrogens (tertiary/aromatic N) is 2. The predicted molar refractivity (Wildman–Crippen MR) is 153 cm³/mol. The Balaban J connectivity index is 2.03. The van der Waals surface area contributed by atoms with Crippen LogP contribution in [0.2, 0.25) is 5.02 Å². The summed E-state index contributed by atoms with van der Waals surface area (Å²) in [6, 6.07) is 18.9. The summed E-state index contributed by atoms with van der Waals surface area (Å²) >= 11 is 5.99. The molecule has 0 saturated heterocycles. The maximum absolute atomic E-state index is 13.9. The fraction of sp³-hybridized carbons (Fsp3) is 0.310. The highest BCUT2D eigenvalue weighted by atomic mass is 35.5. The first kappa shape index (κ1) is 30.0. The Bertz CT molecular complexity index is 1390. The lowest BCUT2D eigenvalue weighted by Crippen LogP contribution is -2.52. The molecule has 0 bridgehead atoms. The lowest BCUT2D eigenvalue weighted by atomic mass is 10.1. The van der Waals surface area contributed by atoms with E-state index in [4.69, 9.17) is 16.3 Å². The molecule has 2 amide bonds. The molecule has 0 heterocycles. The first-order valence-electron chi connectivity index (χ1n) is 12.5. The molecule has 1 unspecified atom stereocenters. The second-order valence-electron chi connectivity index (χ2n) is 9.46. The van der Waals surface area contributed by atoms with Gasteiger partial charge in [-0.1, -0.05) is 41.9 Å². The SMILES string of the molecule is COc1ccc(CN(C(=O)CN(c2ccccc2C)S(=O)(=O)c2ccc(Cl)cc2)C(C)C(=O)NC(C)C)cc1. The molecule has 3 aromatic carbocycles. The van der Waals surface area contributed by atoms with Crippen molar-refractivity contribution < 1.29 is 22.7 Å². The number of rotatable bonds is 11. The summed E-state index contributed by atoms with van der Waals surface area (Å²) in [4.78, 5) is 28.3. The summed E-state index contributed by atoms with van der Waals surface area (Å²) in [5.74, 6) is -0.213. The molecular formula is C29H34ClN3O5S. The first-order valence-corrected chi connectivity index (χ1v) is 14.3. The molecular weight excluding hydrogens is 538 g/mol. The summed E-state index contributed by atoms with van der Waals surface area (Å²) in [7, 11) is -2.60. The molecule has 8 nitrogen and oxygen atoms in total. The van der Waals surface area contributed by atoms with Gasteiger partial charge in [0.1, 0.15) is 18.3 Å². The molecule has 39 heavy (non-hydrogen) atoms.